The van der Waals surface area contributed by atoms with Gasteiger partial charge in [-0.15, -0.1) is 32.9 Å². The largest absolute Gasteiger partial charge is 0.495 e. The van der Waals surface area contributed by atoms with E-state index in [-0.39, 0.29) is 5.56 Å². The molecule has 0 aliphatic rings. The molecule has 0 aliphatic heterocycles. The van der Waals surface area contributed by atoms with E-state index in [0.717, 1.165) is 22.1 Å². The van der Waals surface area contributed by atoms with Crippen LogP contribution in [0.25, 0.3) is 21.3 Å². The van der Waals surface area contributed by atoms with Gasteiger partial charge >= 0.3 is 0 Å². The van der Waals surface area contributed by atoms with Crippen molar-refractivity contribution in [3.8, 4) is 22.1 Å². The number of thioether (sulfide) groups is 1. The summed E-state index contributed by atoms with van der Waals surface area (Å²) in [6, 6.07) is 13.3. The minimum Gasteiger partial charge on any atom is -0.495 e. The number of para-hydroxylation sites is 2. The third-order valence-electron chi connectivity index (χ3n) is 4.41. The van der Waals surface area contributed by atoms with Crippen molar-refractivity contribution in [1.29, 1.82) is 0 Å². The number of methoxy groups -OCH3 is 1. The van der Waals surface area contributed by atoms with E-state index in [9.17, 15) is 4.79 Å². The van der Waals surface area contributed by atoms with Crippen LogP contribution in [-0.4, -0.2) is 31.3 Å². The van der Waals surface area contributed by atoms with Crippen LogP contribution < -0.4 is 10.3 Å². The number of thiazole rings is 1. The zero-order chi connectivity index (χ0) is 20.5. The van der Waals surface area contributed by atoms with E-state index < -0.39 is 0 Å². The Hall–Kier alpha value is -2.95. The van der Waals surface area contributed by atoms with Crippen LogP contribution in [-0.2, 0) is 5.75 Å². The molecule has 0 bridgehead atoms. The first-order valence-corrected chi connectivity index (χ1v) is 11.7. The predicted molar refractivity (Wildman–Crippen MR) is 120 cm³/mol. The summed E-state index contributed by atoms with van der Waals surface area (Å²) in [6.45, 7) is 0. The van der Waals surface area contributed by atoms with Gasteiger partial charge in [0.2, 0.25) is 0 Å². The second kappa shape index (κ2) is 8.05. The van der Waals surface area contributed by atoms with Gasteiger partial charge in [0.05, 0.1) is 23.4 Å². The molecule has 0 unspecified atom stereocenters. The second-order valence-electron chi connectivity index (χ2n) is 6.22. The number of benzene rings is 1. The van der Waals surface area contributed by atoms with Gasteiger partial charge in [-0.05, 0) is 23.6 Å². The Bertz CT molecular complexity index is 1370. The fourth-order valence-electron chi connectivity index (χ4n) is 3.06. The SMILES string of the molecule is COc1ccccc1-n1c(SCc2cc(=O)n3ccsc3n2)nnc1-c1cccs1. The van der Waals surface area contributed by atoms with Crippen molar-refractivity contribution in [3.05, 3.63) is 75.5 Å². The van der Waals surface area contributed by atoms with Crippen LogP contribution >= 0.6 is 34.4 Å². The molecule has 30 heavy (non-hydrogen) atoms. The van der Waals surface area contributed by atoms with E-state index in [1.54, 1.807) is 35.1 Å². The Labute approximate surface area is 183 Å². The Morgan fingerprint density at radius 3 is 2.83 bits per heavy atom. The highest BCUT2D eigenvalue weighted by Gasteiger charge is 2.19. The van der Waals surface area contributed by atoms with Crippen LogP contribution in [0, 0.1) is 0 Å². The topological polar surface area (TPSA) is 74.3 Å². The fraction of sp³-hybridized carbons (Fsp3) is 0.100. The van der Waals surface area contributed by atoms with Gasteiger partial charge in [0.1, 0.15) is 5.75 Å². The number of thiophene rings is 1. The Morgan fingerprint density at radius 1 is 1.10 bits per heavy atom. The first kappa shape index (κ1) is 19.0. The van der Waals surface area contributed by atoms with Crippen molar-refractivity contribution in [1.82, 2.24) is 24.1 Å². The summed E-state index contributed by atoms with van der Waals surface area (Å²) in [6.07, 6.45) is 1.73. The average molecular weight is 454 g/mol. The number of fused-ring (bicyclic) bond motifs is 1. The molecule has 0 amide bonds. The molecule has 10 heteroatoms. The molecule has 0 spiro atoms. The van der Waals surface area contributed by atoms with Gasteiger partial charge in [-0.3, -0.25) is 13.8 Å². The summed E-state index contributed by atoms with van der Waals surface area (Å²) in [4.78, 5) is 18.6. The van der Waals surface area contributed by atoms with Crippen molar-refractivity contribution in [2.45, 2.75) is 10.9 Å². The quantitative estimate of drug-likeness (QED) is 0.356. The molecule has 0 fully saturated rings. The van der Waals surface area contributed by atoms with Crippen molar-refractivity contribution in [2.75, 3.05) is 7.11 Å². The van der Waals surface area contributed by atoms with Gasteiger partial charge in [0, 0.05) is 23.4 Å². The van der Waals surface area contributed by atoms with Crippen LogP contribution in [0.5, 0.6) is 5.75 Å². The molecule has 0 atom stereocenters. The molecule has 4 aromatic heterocycles. The summed E-state index contributed by atoms with van der Waals surface area (Å²) >= 11 is 4.53. The lowest BCUT2D eigenvalue weighted by molar-refractivity contribution is 0.412. The molecular formula is C20H15N5O2S3. The predicted octanol–water partition coefficient (Wildman–Crippen LogP) is 4.37. The van der Waals surface area contributed by atoms with Crippen molar-refractivity contribution in [2.24, 2.45) is 0 Å². The third kappa shape index (κ3) is 3.42. The van der Waals surface area contributed by atoms with Crippen LogP contribution in [0.15, 0.2) is 69.4 Å². The van der Waals surface area contributed by atoms with E-state index in [2.05, 4.69) is 15.2 Å². The highest BCUT2D eigenvalue weighted by molar-refractivity contribution is 7.98. The molecular weight excluding hydrogens is 438 g/mol. The van der Waals surface area contributed by atoms with Crippen LogP contribution in [0.4, 0.5) is 0 Å². The summed E-state index contributed by atoms with van der Waals surface area (Å²) in [5.41, 5.74) is 1.49. The molecule has 0 radical (unpaired) electrons. The maximum absolute atomic E-state index is 12.3. The monoisotopic (exact) mass is 453 g/mol. The lowest BCUT2D eigenvalue weighted by atomic mass is 10.3. The minimum atomic E-state index is -0.0812. The van der Waals surface area contributed by atoms with Crippen molar-refractivity contribution in [3.63, 3.8) is 0 Å². The lowest BCUT2D eigenvalue weighted by Crippen LogP contribution is -2.12. The molecule has 150 valence electrons. The van der Waals surface area contributed by atoms with Crippen LogP contribution in [0.2, 0.25) is 0 Å². The maximum atomic E-state index is 12.3. The number of rotatable bonds is 6. The summed E-state index contributed by atoms with van der Waals surface area (Å²) in [7, 11) is 1.65. The molecule has 0 saturated carbocycles. The lowest BCUT2D eigenvalue weighted by Gasteiger charge is -2.13. The smallest absolute Gasteiger partial charge is 0.258 e. The first-order valence-electron chi connectivity index (χ1n) is 8.96. The van der Waals surface area contributed by atoms with Gasteiger partial charge in [-0.25, -0.2) is 4.98 Å². The number of nitrogens with zero attached hydrogens (tertiary/aromatic N) is 5. The summed E-state index contributed by atoms with van der Waals surface area (Å²) in [5, 5.41) is 13.4. The Morgan fingerprint density at radius 2 is 2.00 bits per heavy atom. The van der Waals surface area contributed by atoms with Crippen LogP contribution in [0.1, 0.15) is 5.69 Å². The molecule has 0 aliphatic carbocycles. The normalized spacial score (nSPS) is 11.2. The maximum Gasteiger partial charge on any atom is 0.258 e. The average Bonchev–Trinajstić information content (AvgIpc) is 3.52. The van der Waals surface area contributed by atoms with E-state index in [0.29, 0.717) is 21.6 Å². The van der Waals surface area contributed by atoms with E-state index in [1.807, 2.05) is 51.7 Å². The van der Waals surface area contributed by atoms with Gasteiger partial charge in [0.25, 0.3) is 5.56 Å². The number of hydrogen-bond donors (Lipinski definition) is 0. The number of hydrogen-bond acceptors (Lipinski definition) is 8. The highest BCUT2D eigenvalue weighted by Crippen LogP contribution is 2.34. The number of aromatic nitrogens is 5. The van der Waals surface area contributed by atoms with Crippen molar-refractivity contribution >= 4 is 39.4 Å². The Balaban J connectivity index is 1.55. The molecule has 4 heterocycles. The molecule has 7 nitrogen and oxygen atoms in total. The zero-order valence-corrected chi connectivity index (χ0v) is 18.2. The standard InChI is InChI=1S/C20H15N5O2S3/c1-27-15-6-3-2-5-14(15)25-18(16-7-4-9-28-16)22-23-20(25)30-12-13-11-17(26)24-8-10-29-19(24)21-13/h2-11H,12H2,1H3. The first-order chi connectivity index (χ1) is 14.7. The van der Waals surface area contributed by atoms with E-state index in [4.69, 9.17) is 4.74 Å². The second-order valence-corrected chi connectivity index (χ2v) is 8.98. The fourth-order valence-corrected chi connectivity index (χ4v) is 5.34. The third-order valence-corrected chi connectivity index (χ3v) is 6.99. The zero-order valence-electron chi connectivity index (χ0n) is 15.8. The van der Waals surface area contributed by atoms with Gasteiger partial charge in [-0.2, -0.15) is 0 Å². The molecule has 5 aromatic rings. The summed E-state index contributed by atoms with van der Waals surface area (Å²) < 4.78 is 9.12. The minimum absolute atomic E-state index is 0.0812. The summed E-state index contributed by atoms with van der Waals surface area (Å²) in [5.74, 6) is 1.98. The molecule has 0 N–H and O–H groups in total. The van der Waals surface area contributed by atoms with Gasteiger partial charge in [0.15, 0.2) is 15.9 Å². The molecule has 5 rings (SSSR count). The highest BCUT2D eigenvalue weighted by atomic mass is 32.2. The Kier molecular flexibility index (Phi) is 5.11. The van der Waals surface area contributed by atoms with Crippen LogP contribution in [0.3, 0.4) is 0 Å². The van der Waals surface area contributed by atoms with Gasteiger partial charge in [-0.1, -0.05) is 30.0 Å². The number of ether oxygens (including phenoxy) is 1. The van der Waals surface area contributed by atoms with E-state index >= 15 is 0 Å². The van der Waals surface area contributed by atoms with Crippen molar-refractivity contribution < 1.29 is 4.74 Å². The van der Waals surface area contributed by atoms with E-state index in [1.165, 1.54) is 23.1 Å². The van der Waals surface area contributed by atoms with Gasteiger partial charge < -0.3 is 4.74 Å². The molecule has 0 saturated heterocycles. The molecule has 1 aromatic carbocycles.